The molecule has 0 fully saturated rings. The van der Waals surface area contributed by atoms with Gasteiger partial charge in [0.1, 0.15) is 11.6 Å². The van der Waals surface area contributed by atoms with Crippen LogP contribution in [0.1, 0.15) is 5.69 Å². The minimum absolute atomic E-state index is 0.172. The third-order valence-corrected chi connectivity index (χ3v) is 2.18. The number of nitrogen functional groups attached to an aromatic ring is 2. The van der Waals surface area contributed by atoms with Gasteiger partial charge in [0.05, 0.1) is 0 Å². The second-order valence-electron chi connectivity index (χ2n) is 3.53. The van der Waals surface area contributed by atoms with Crippen molar-refractivity contribution in [2.45, 2.75) is 6.42 Å². The summed E-state index contributed by atoms with van der Waals surface area (Å²) < 4.78 is 0. The molecule has 0 amide bonds. The highest BCUT2D eigenvalue weighted by Gasteiger charge is 1.99. The molecule has 0 atom stereocenters. The molecule has 0 aliphatic rings. The van der Waals surface area contributed by atoms with Crippen LogP contribution in [-0.4, -0.2) is 21.5 Å². The van der Waals surface area contributed by atoms with Gasteiger partial charge in [-0.25, -0.2) is 0 Å². The molecule has 2 aromatic heterocycles. The van der Waals surface area contributed by atoms with E-state index in [0.29, 0.717) is 18.2 Å². The van der Waals surface area contributed by atoms with Gasteiger partial charge < -0.3 is 16.8 Å². The van der Waals surface area contributed by atoms with E-state index in [0.717, 1.165) is 12.1 Å². The molecule has 0 aliphatic carbocycles. The van der Waals surface area contributed by atoms with Crippen molar-refractivity contribution in [3.8, 4) is 0 Å². The minimum Gasteiger partial charge on any atom is -0.383 e. The lowest BCUT2D eigenvalue weighted by atomic mass is 10.3. The van der Waals surface area contributed by atoms with Gasteiger partial charge in [0.2, 0.25) is 5.95 Å². The molecule has 6 nitrogen and oxygen atoms in total. The van der Waals surface area contributed by atoms with Crippen molar-refractivity contribution in [1.82, 2.24) is 15.0 Å². The largest absolute Gasteiger partial charge is 0.383 e. The monoisotopic (exact) mass is 230 g/mol. The first-order chi connectivity index (χ1) is 8.24. The minimum atomic E-state index is 0.172. The number of pyridine rings is 1. The van der Waals surface area contributed by atoms with E-state index in [2.05, 4.69) is 20.3 Å². The molecule has 2 heterocycles. The molecule has 0 saturated heterocycles. The van der Waals surface area contributed by atoms with E-state index in [1.807, 2.05) is 18.2 Å². The van der Waals surface area contributed by atoms with Crippen LogP contribution in [0.15, 0.2) is 30.5 Å². The highest BCUT2D eigenvalue weighted by molar-refractivity contribution is 5.48. The molecular formula is C11H14N6. The molecular weight excluding hydrogens is 216 g/mol. The number of nitrogens with two attached hydrogens (primary N) is 2. The van der Waals surface area contributed by atoms with E-state index >= 15 is 0 Å². The second kappa shape index (κ2) is 5.11. The van der Waals surface area contributed by atoms with E-state index in [1.54, 1.807) is 12.3 Å². The van der Waals surface area contributed by atoms with Crippen LogP contribution in [0, 0.1) is 0 Å². The van der Waals surface area contributed by atoms with Crippen molar-refractivity contribution >= 4 is 17.6 Å². The van der Waals surface area contributed by atoms with Gasteiger partial charge in [-0.2, -0.15) is 9.97 Å². The number of nitrogens with one attached hydrogen (secondary N) is 1. The average molecular weight is 230 g/mol. The molecule has 0 bridgehead atoms. The molecule has 5 N–H and O–H groups in total. The highest BCUT2D eigenvalue weighted by atomic mass is 15.1. The predicted molar refractivity (Wildman–Crippen MR) is 67.3 cm³/mol. The molecule has 6 heteroatoms. The Hall–Kier alpha value is -2.37. The molecule has 0 aromatic carbocycles. The van der Waals surface area contributed by atoms with Gasteiger partial charge in [-0.3, -0.25) is 4.98 Å². The van der Waals surface area contributed by atoms with Gasteiger partial charge in [-0.1, -0.05) is 6.07 Å². The molecule has 88 valence electrons. The second-order valence-corrected chi connectivity index (χ2v) is 3.53. The van der Waals surface area contributed by atoms with Crippen LogP contribution in [0.4, 0.5) is 17.6 Å². The average Bonchev–Trinajstić information content (AvgIpc) is 2.29. The van der Waals surface area contributed by atoms with Crippen LogP contribution >= 0.6 is 0 Å². The molecule has 17 heavy (non-hydrogen) atoms. The maximum Gasteiger partial charge on any atom is 0.223 e. The summed E-state index contributed by atoms with van der Waals surface area (Å²) >= 11 is 0. The van der Waals surface area contributed by atoms with E-state index in [9.17, 15) is 0 Å². The fourth-order valence-corrected chi connectivity index (χ4v) is 1.44. The molecule has 0 saturated carbocycles. The summed E-state index contributed by atoms with van der Waals surface area (Å²) in [5, 5.41) is 3.12. The maximum atomic E-state index is 5.56. The lowest BCUT2D eigenvalue weighted by molar-refractivity contribution is 0.952. The van der Waals surface area contributed by atoms with Crippen LogP contribution in [0.2, 0.25) is 0 Å². The van der Waals surface area contributed by atoms with Crippen molar-refractivity contribution in [3.05, 3.63) is 36.2 Å². The molecule has 0 radical (unpaired) electrons. The number of hydrogen-bond acceptors (Lipinski definition) is 6. The van der Waals surface area contributed by atoms with Crippen molar-refractivity contribution < 1.29 is 0 Å². The first kappa shape index (κ1) is 11.1. The summed E-state index contributed by atoms with van der Waals surface area (Å²) in [6.45, 7) is 0.715. The predicted octanol–water partition coefficient (Wildman–Crippen LogP) is 0.691. The molecule has 0 spiro atoms. The van der Waals surface area contributed by atoms with Gasteiger partial charge in [0.25, 0.3) is 0 Å². The Balaban J connectivity index is 1.90. The summed E-state index contributed by atoms with van der Waals surface area (Å²) in [6, 6.07) is 7.48. The Bertz CT molecular complexity index is 464. The number of anilines is 3. The number of rotatable bonds is 4. The van der Waals surface area contributed by atoms with Crippen molar-refractivity contribution in [2.24, 2.45) is 0 Å². The maximum absolute atomic E-state index is 5.56. The van der Waals surface area contributed by atoms with Gasteiger partial charge in [0, 0.05) is 30.9 Å². The SMILES string of the molecule is Nc1cc(NCCc2ccccn2)nc(N)n1. The Labute approximate surface area is 99.1 Å². The summed E-state index contributed by atoms with van der Waals surface area (Å²) in [4.78, 5) is 12.0. The first-order valence-electron chi connectivity index (χ1n) is 5.28. The smallest absolute Gasteiger partial charge is 0.223 e. The molecule has 0 unspecified atom stereocenters. The normalized spacial score (nSPS) is 10.1. The van der Waals surface area contributed by atoms with E-state index in [4.69, 9.17) is 11.5 Å². The van der Waals surface area contributed by atoms with Gasteiger partial charge in [0.15, 0.2) is 0 Å². The van der Waals surface area contributed by atoms with Crippen molar-refractivity contribution in [1.29, 1.82) is 0 Å². The van der Waals surface area contributed by atoms with Gasteiger partial charge in [-0.15, -0.1) is 0 Å². The lowest BCUT2D eigenvalue weighted by Gasteiger charge is -2.06. The Kier molecular flexibility index (Phi) is 3.34. The standard InChI is InChI=1S/C11H14N6/c12-9-7-10(17-11(13)16-9)15-6-4-8-3-1-2-5-14-8/h1-3,5,7H,4,6H2,(H5,12,13,15,16,17). The quantitative estimate of drug-likeness (QED) is 0.714. The van der Waals surface area contributed by atoms with Crippen molar-refractivity contribution in [3.63, 3.8) is 0 Å². The fourth-order valence-electron chi connectivity index (χ4n) is 1.44. The Morgan fingerprint density at radius 2 is 2.06 bits per heavy atom. The molecule has 0 aliphatic heterocycles. The van der Waals surface area contributed by atoms with Crippen LogP contribution < -0.4 is 16.8 Å². The Morgan fingerprint density at radius 3 is 2.76 bits per heavy atom. The van der Waals surface area contributed by atoms with Gasteiger partial charge in [-0.05, 0) is 12.1 Å². The number of nitrogens with zero attached hydrogens (tertiary/aromatic N) is 3. The third-order valence-electron chi connectivity index (χ3n) is 2.18. The first-order valence-corrected chi connectivity index (χ1v) is 5.28. The fraction of sp³-hybridized carbons (Fsp3) is 0.182. The lowest BCUT2D eigenvalue weighted by Crippen LogP contribution is -2.09. The third kappa shape index (κ3) is 3.30. The number of aromatic nitrogens is 3. The topological polar surface area (TPSA) is 103 Å². The molecule has 2 aromatic rings. The van der Waals surface area contributed by atoms with E-state index < -0.39 is 0 Å². The van der Waals surface area contributed by atoms with Crippen LogP contribution in [-0.2, 0) is 6.42 Å². The van der Waals surface area contributed by atoms with Crippen LogP contribution in [0.5, 0.6) is 0 Å². The summed E-state index contributed by atoms with van der Waals surface area (Å²) in [5.74, 6) is 1.16. The van der Waals surface area contributed by atoms with E-state index in [-0.39, 0.29) is 5.95 Å². The summed E-state index contributed by atoms with van der Waals surface area (Å²) in [7, 11) is 0. The zero-order chi connectivity index (χ0) is 12.1. The van der Waals surface area contributed by atoms with Crippen LogP contribution in [0.25, 0.3) is 0 Å². The van der Waals surface area contributed by atoms with Crippen LogP contribution in [0.3, 0.4) is 0 Å². The zero-order valence-electron chi connectivity index (χ0n) is 9.30. The summed E-state index contributed by atoms with van der Waals surface area (Å²) in [5.41, 5.74) is 12.1. The van der Waals surface area contributed by atoms with Gasteiger partial charge >= 0.3 is 0 Å². The molecule has 2 rings (SSSR count). The highest BCUT2D eigenvalue weighted by Crippen LogP contribution is 2.09. The van der Waals surface area contributed by atoms with Crippen molar-refractivity contribution in [2.75, 3.05) is 23.3 Å². The number of hydrogen-bond donors (Lipinski definition) is 3. The Morgan fingerprint density at radius 1 is 1.18 bits per heavy atom. The summed E-state index contributed by atoms with van der Waals surface area (Å²) in [6.07, 6.45) is 2.58. The zero-order valence-corrected chi connectivity index (χ0v) is 9.30. The van der Waals surface area contributed by atoms with E-state index in [1.165, 1.54) is 0 Å².